The lowest BCUT2D eigenvalue weighted by Gasteiger charge is -2.34. The van der Waals surface area contributed by atoms with E-state index in [2.05, 4.69) is 348 Å². The van der Waals surface area contributed by atoms with E-state index in [4.69, 9.17) is 4.42 Å². The van der Waals surface area contributed by atoms with E-state index in [1.807, 2.05) is 0 Å². The molecule has 116 heavy (non-hydrogen) atoms. The topological polar surface area (TPSA) is 16.4 Å². The maximum atomic E-state index is 7.20. The van der Waals surface area contributed by atoms with Gasteiger partial charge in [-0.15, -0.1) is 0 Å². The van der Waals surface area contributed by atoms with Crippen LogP contribution in [0.4, 0.5) is 17.1 Å². The van der Waals surface area contributed by atoms with Gasteiger partial charge < -0.3 is 9.32 Å². The second-order valence-corrected chi connectivity index (χ2v) is 37.2. The molecule has 572 valence electrons. The molecule has 6 aliphatic carbocycles. The van der Waals surface area contributed by atoms with Crippen LogP contribution in [-0.2, 0) is 39.9 Å². The second-order valence-electron chi connectivity index (χ2n) is 37.2. The molecule has 1 heterocycles. The Labute approximate surface area is 687 Å². The van der Waals surface area contributed by atoms with Gasteiger partial charge in [-0.05, 0) is 260 Å². The van der Waals surface area contributed by atoms with Crippen molar-refractivity contribution >= 4 is 39.0 Å². The molecule has 0 unspecified atom stereocenters. The van der Waals surface area contributed by atoms with Crippen molar-refractivity contribution in [3.8, 4) is 111 Å². The van der Waals surface area contributed by atoms with Crippen LogP contribution in [0.25, 0.3) is 133 Å². The average Bonchev–Trinajstić information content (AvgIpc) is 1.51. The first kappa shape index (κ1) is 72.4. The summed E-state index contributed by atoms with van der Waals surface area (Å²) in [5.41, 5.74) is 49.1. The highest BCUT2D eigenvalue weighted by molar-refractivity contribution is 6.19. The Morgan fingerprint density at radius 1 is 0.310 bits per heavy atom. The number of rotatable bonds is 19. The van der Waals surface area contributed by atoms with E-state index in [9.17, 15) is 0 Å². The molecule has 6 aliphatic rings. The fourth-order valence-corrected chi connectivity index (χ4v) is 23.1. The second kappa shape index (κ2) is 27.1. The molecule has 0 fully saturated rings. The van der Waals surface area contributed by atoms with E-state index >= 15 is 0 Å². The highest BCUT2D eigenvalue weighted by Gasteiger charge is 2.50. The van der Waals surface area contributed by atoms with Crippen LogP contribution in [0.1, 0.15) is 219 Å². The molecule has 0 aliphatic heterocycles. The number of fused-ring (bicyclic) bond motifs is 25. The molecule has 0 amide bonds. The largest absolute Gasteiger partial charge is 0.455 e. The molecule has 0 bridgehead atoms. The van der Waals surface area contributed by atoms with Gasteiger partial charge in [0.25, 0.3) is 0 Å². The van der Waals surface area contributed by atoms with Gasteiger partial charge in [-0.2, -0.15) is 0 Å². The fourth-order valence-electron chi connectivity index (χ4n) is 23.1. The minimum atomic E-state index is -0.401. The van der Waals surface area contributed by atoms with Crippen LogP contribution in [0.15, 0.2) is 271 Å². The van der Waals surface area contributed by atoms with E-state index in [-0.39, 0.29) is 21.7 Å². The van der Waals surface area contributed by atoms with E-state index < -0.39 is 5.41 Å². The first-order chi connectivity index (χ1) is 56.4. The van der Waals surface area contributed by atoms with Crippen molar-refractivity contribution in [2.75, 3.05) is 4.90 Å². The zero-order chi connectivity index (χ0) is 78.9. The summed E-state index contributed by atoms with van der Waals surface area (Å²) >= 11 is 0. The van der Waals surface area contributed by atoms with Crippen LogP contribution in [0.5, 0.6) is 0 Å². The number of hydrogen-bond donors (Lipinski definition) is 0. The van der Waals surface area contributed by atoms with Gasteiger partial charge in [0.1, 0.15) is 11.2 Å². The molecule has 0 N–H and O–H groups in total. The zero-order valence-electron chi connectivity index (χ0n) is 69.7. The third kappa shape index (κ3) is 10.8. The molecule has 14 aromatic carbocycles. The maximum absolute atomic E-state index is 7.20. The number of hydrogen-bond acceptors (Lipinski definition) is 2. The minimum Gasteiger partial charge on any atom is -0.455 e. The first-order valence-electron chi connectivity index (χ1n) is 43.7. The molecule has 21 rings (SSSR count). The quantitative estimate of drug-likeness (QED) is 0.0750. The Hall–Kier alpha value is -11.3. The number of aryl methyl sites for hydroxylation is 2. The predicted octanol–water partition coefficient (Wildman–Crippen LogP) is 32.0. The molecule has 0 atom stereocenters. The summed E-state index contributed by atoms with van der Waals surface area (Å²) in [6.07, 6.45) is 17.6. The van der Waals surface area contributed by atoms with Crippen LogP contribution >= 0.6 is 0 Å². The number of benzene rings is 14. The SMILES string of the molecule is CCCCCCCC1(CCCCCCC)c2ccccc2-c2ccc(-c3ccc4c(c3)C(C)(C)c3cc(-c5ccc(-c6cc7c(c8c6oc6ccccc68)-c6ccc(N(c8ccc9c(c8)C(C)(C)c8c-9c9c(c%10c8C(C)(C)c8ccccc8-%10)CCc8ccccc8-9)c8ccccc8-c8ccc(C)cc8)cc6C7(C)C)cc5)ccc3-4)cc21. The van der Waals surface area contributed by atoms with E-state index in [0.29, 0.717) is 0 Å². The van der Waals surface area contributed by atoms with Crippen molar-refractivity contribution in [2.45, 2.75) is 193 Å². The van der Waals surface area contributed by atoms with Crippen LogP contribution in [-0.4, -0.2) is 0 Å². The molecule has 2 nitrogen and oxygen atoms in total. The van der Waals surface area contributed by atoms with Crippen molar-refractivity contribution in [3.05, 3.63) is 339 Å². The van der Waals surface area contributed by atoms with Crippen molar-refractivity contribution < 1.29 is 4.42 Å². The Balaban J connectivity index is 0.635. The van der Waals surface area contributed by atoms with E-state index in [1.165, 1.54) is 244 Å². The average molecular weight is 1510 g/mol. The number of furan rings is 1. The van der Waals surface area contributed by atoms with Gasteiger partial charge in [0.15, 0.2) is 0 Å². The molecular weight excluding hydrogens is 1400 g/mol. The van der Waals surface area contributed by atoms with E-state index in [0.717, 1.165) is 57.6 Å². The summed E-state index contributed by atoms with van der Waals surface area (Å²) in [5, 5.41) is 2.32. The Morgan fingerprint density at radius 2 is 0.767 bits per heavy atom. The fraction of sp³-hybridized carbons (Fsp3) is 0.263. The Kier molecular flexibility index (Phi) is 16.9. The van der Waals surface area contributed by atoms with Gasteiger partial charge in [-0.3, -0.25) is 0 Å². The third-order valence-electron chi connectivity index (χ3n) is 29.1. The van der Waals surface area contributed by atoms with Crippen molar-refractivity contribution in [1.29, 1.82) is 0 Å². The molecular formula is C114H105NO. The standard InChI is InChI=1S/C114H105NO/c1-12-14-16-18-30-62-114(63-31-19-17-15-13-2)93-39-27-22-35-82(93)85-58-53-77(66-98(85)114)76-52-57-84-83-56-51-75(64-94(83)110(4,5)95(84)65-76)71-46-48-74(49-47-71)91-69-99-104(106-89-37-25-29-41-101(89)116-109(91)106)87-60-54-78(67-96(87)111(99,6)7)115(100-40-28-24-33-80(100)73-44-42-70(3)43-45-73)79-55-61-88-97(68-79)113(10,11)108-105(88)102-81-34-21-20-32-72(81)50-59-90(102)103-86-36-23-26-38-92(86)112(8,9)107(103)108/h20-29,32-49,51-58,60-61,64-69H,12-19,30-31,50,59,62-63H2,1-11H3. The first-order valence-corrected chi connectivity index (χ1v) is 43.7. The minimum absolute atomic E-state index is 0.0425. The Bertz CT molecular complexity index is 6540. The van der Waals surface area contributed by atoms with Crippen molar-refractivity contribution in [2.24, 2.45) is 0 Å². The number of anilines is 3. The lowest BCUT2D eigenvalue weighted by molar-refractivity contribution is 0.399. The van der Waals surface area contributed by atoms with Crippen LogP contribution < -0.4 is 4.90 Å². The van der Waals surface area contributed by atoms with Crippen molar-refractivity contribution in [1.82, 2.24) is 0 Å². The summed E-state index contributed by atoms with van der Waals surface area (Å²) in [5.74, 6) is 0. The molecule has 2 heteroatoms. The molecule has 0 saturated heterocycles. The number of para-hydroxylation sites is 2. The summed E-state index contributed by atoms with van der Waals surface area (Å²) in [7, 11) is 0. The maximum Gasteiger partial charge on any atom is 0.143 e. The molecule has 0 radical (unpaired) electrons. The number of unbranched alkanes of at least 4 members (excludes halogenated alkanes) is 8. The van der Waals surface area contributed by atoms with Gasteiger partial charge in [-0.1, -0.05) is 345 Å². The predicted molar refractivity (Wildman–Crippen MR) is 491 cm³/mol. The van der Waals surface area contributed by atoms with Gasteiger partial charge in [0.2, 0.25) is 0 Å². The Morgan fingerprint density at radius 3 is 1.44 bits per heavy atom. The normalized spacial score (nSPS) is 15.5. The van der Waals surface area contributed by atoms with E-state index in [1.54, 1.807) is 11.1 Å². The summed E-state index contributed by atoms with van der Waals surface area (Å²) in [6.45, 7) is 26.7. The number of nitrogens with zero attached hydrogens (tertiary/aromatic N) is 1. The van der Waals surface area contributed by atoms with Gasteiger partial charge >= 0.3 is 0 Å². The monoisotopic (exact) mass is 1500 g/mol. The lowest BCUT2D eigenvalue weighted by atomic mass is 9.69. The summed E-state index contributed by atoms with van der Waals surface area (Å²) in [6, 6.07) is 104. The van der Waals surface area contributed by atoms with Crippen LogP contribution in [0.3, 0.4) is 0 Å². The highest BCUT2D eigenvalue weighted by atomic mass is 16.3. The van der Waals surface area contributed by atoms with Gasteiger partial charge in [-0.25, -0.2) is 0 Å². The smallest absolute Gasteiger partial charge is 0.143 e. The molecule has 1 aromatic heterocycles. The molecule has 15 aromatic rings. The van der Waals surface area contributed by atoms with Crippen LogP contribution in [0.2, 0.25) is 0 Å². The lowest BCUT2D eigenvalue weighted by Crippen LogP contribution is -2.25. The third-order valence-corrected chi connectivity index (χ3v) is 29.1. The summed E-state index contributed by atoms with van der Waals surface area (Å²) in [4.78, 5) is 2.58. The van der Waals surface area contributed by atoms with Crippen molar-refractivity contribution in [3.63, 3.8) is 0 Å². The van der Waals surface area contributed by atoms with Gasteiger partial charge in [0, 0.05) is 60.3 Å². The molecule has 0 saturated carbocycles. The van der Waals surface area contributed by atoms with Crippen LogP contribution in [0, 0.1) is 6.92 Å². The van der Waals surface area contributed by atoms with Gasteiger partial charge in [0.05, 0.1) is 5.69 Å². The zero-order valence-corrected chi connectivity index (χ0v) is 69.7. The molecule has 0 spiro atoms. The summed E-state index contributed by atoms with van der Waals surface area (Å²) < 4.78 is 7.20. The highest BCUT2D eigenvalue weighted by Crippen LogP contribution is 2.66.